The van der Waals surface area contributed by atoms with Crippen molar-refractivity contribution in [2.45, 2.75) is 36.8 Å². The Hall–Kier alpha value is -4.19. The van der Waals surface area contributed by atoms with Crippen LogP contribution in [0, 0.1) is 6.92 Å². The maximum atomic E-state index is 13.1. The highest BCUT2D eigenvalue weighted by Crippen LogP contribution is 2.30. The van der Waals surface area contributed by atoms with Crippen molar-refractivity contribution in [1.82, 2.24) is 15.2 Å². The predicted octanol–water partition coefficient (Wildman–Crippen LogP) is 3.52. The molecule has 3 aromatic rings. The lowest BCUT2D eigenvalue weighted by molar-refractivity contribution is -0.137. The Morgan fingerprint density at radius 3 is 2.32 bits per heavy atom. The molecule has 0 spiro atoms. The number of aromatic nitrogens is 1. The zero-order chi connectivity index (χ0) is 28.3. The lowest BCUT2D eigenvalue weighted by Gasteiger charge is -2.15. The van der Waals surface area contributed by atoms with Gasteiger partial charge in [-0.2, -0.15) is 13.2 Å². The Balaban J connectivity index is 1.80. The van der Waals surface area contributed by atoms with E-state index in [-0.39, 0.29) is 22.7 Å². The maximum Gasteiger partial charge on any atom is 0.416 e. The Morgan fingerprint density at radius 2 is 1.74 bits per heavy atom. The molecule has 3 rings (SSSR count). The summed E-state index contributed by atoms with van der Waals surface area (Å²) in [6.07, 6.45) is -3.51. The number of alkyl halides is 3. The van der Waals surface area contributed by atoms with Gasteiger partial charge in [-0.1, -0.05) is 30.9 Å². The largest absolute Gasteiger partial charge is 0.416 e. The normalized spacial score (nSPS) is 12.4. The molecule has 0 saturated carbocycles. The summed E-state index contributed by atoms with van der Waals surface area (Å²) in [4.78, 5) is 37.0. The predicted molar refractivity (Wildman–Crippen MR) is 134 cm³/mol. The van der Waals surface area contributed by atoms with Crippen LogP contribution in [-0.4, -0.2) is 30.2 Å². The quantitative estimate of drug-likeness (QED) is 0.419. The smallest absolute Gasteiger partial charge is 0.348 e. The molecule has 12 heteroatoms. The summed E-state index contributed by atoms with van der Waals surface area (Å²) in [6, 6.07) is 12.5. The Kier molecular flexibility index (Phi) is 8.25. The topological polar surface area (TPSA) is 114 Å². The van der Waals surface area contributed by atoms with E-state index in [1.807, 2.05) is 0 Å². The molecule has 2 amide bonds. The highest BCUT2D eigenvalue weighted by molar-refractivity contribution is 7.92. The third-order valence-corrected chi connectivity index (χ3v) is 7.46. The van der Waals surface area contributed by atoms with Crippen molar-refractivity contribution in [1.29, 1.82) is 0 Å². The van der Waals surface area contributed by atoms with E-state index < -0.39 is 44.3 Å². The van der Waals surface area contributed by atoms with Crippen molar-refractivity contribution < 1.29 is 31.2 Å². The van der Waals surface area contributed by atoms with Gasteiger partial charge in [-0.15, -0.1) is 0 Å². The van der Waals surface area contributed by atoms with Gasteiger partial charge in [0.1, 0.15) is 5.56 Å². The van der Waals surface area contributed by atoms with Crippen LogP contribution in [0.2, 0.25) is 0 Å². The molecular weight excluding hydrogens is 523 g/mol. The van der Waals surface area contributed by atoms with Gasteiger partial charge in [0.15, 0.2) is 5.37 Å². The van der Waals surface area contributed by atoms with Crippen LogP contribution in [0.15, 0.2) is 83.0 Å². The molecule has 38 heavy (non-hydrogen) atoms. The molecule has 2 aromatic carbocycles. The fourth-order valence-electron chi connectivity index (χ4n) is 3.63. The second-order valence-electron chi connectivity index (χ2n) is 8.31. The molecule has 0 aliphatic rings. The SMILES string of the molecule is C=CC(NC(C)=O)S(=O)(=O)c1ccc(CNC(=O)c2ccc(C)n(-c3cccc(C(F)(F)F)c3)c2=O)cc1. The summed E-state index contributed by atoms with van der Waals surface area (Å²) in [5, 5.41) is 3.53. The van der Waals surface area contributed by atoms with E-state index in [1.165, 1.54) is 62.4 Å². The zero-order valence-corrected chi connectivity index (χ0v) is 21.2. The molecule has 0 radical (unpaired) electrons. The summed E-state index contributed by atoms with van der Waals surface area (Å²) < 4.78 is 65.9. The molecular formula is C26H24F3N3O5S. The molecule has 8 nitrogen and oxygen atoms in total. The van der Waals surface area contributed by atoms with Crippen LogP contribution in [-0.2, 0) is 27.4 Å². The number of hydrogen-bond donors (Lipinski definition) is 2. The van der Waals surface area contributed by atoms with Crippen molar-refractivity contribution in [2.75, 3.05) is 0 Å². The van der Waals surface area contributed by atoms with Gasteiger partial charge < -0.3 is 10.6 Å². The van der Waals surface area contributed by atoms with Crippen LogP contribution in [0.4, 0.5) is 13.2 Å². The fraction of sp³-hybridized carbons (Fsp3) is 0.192. The van der Waals surface area contributed by atoms with Crippen molar-refractivity contribution in [3.8, 4) is 5.69 Å². The van der Waals surface area contributed by atoms with E-state index in [2.05, 4.69) is 17.2 Å². The third-order valence-electron chi connectivity index (χ3n) is 5.55. The van der Waals surface area contributed by atoms with E-state index in [9.17, 15) is 36.0 Å². The van der Waals surface area contributed by atoms with Crippen molar-refractivity contribution in [2.24, 2.45) is 0 Å². The van der Waals surface area contributed by atoms with Gasteiger partial charge in [-0.05, 0) is 55.0 Å². The zero-order valence-electron chi connectivity index (χ0n) is 20.4. The first-order chi connectivity index (χ1) is 17.8. The second kappa shape index (κ2) is 11.1. The first-order valence-electron chi connectivity index (χ1n) is 11.2. The maximum absolute atomic E-state index is 13.1. The minimum atomic E-state index is -4.60. The number of benzene rings is 2. The Bertz CT molecular complexity index is 1550. The van der Waals surface area contributed by atoms with Crippen molar-refractivity contribution >= 4 is 21.7 Å². The first kappa shape index (κ1) is 28.4. The standard InChI is InChI=1S/C26H24F3N3O5S/c1-4-23(31-17(3)33)38(36,37)21-11-9-18(10-12-21)15-30-24(34)22-13-8-16(2)32(25(22)35)20-7-5-6-19(14-20)26(27,28)29/h4-14,23H,1,15H2,2-3H3,(H,30,34)(H,31,33). The van der Waals surface area contributed by atoms with Gasteiger partial charge in [-0.3, -0.25) is 19.0 Å². The highest BCUT2D eigenvalue weighted by Gasteiger charge is 2.31. The second-order valence-corrected chi connectivity index (χ2v) is 10.4. The van der Waals surface area contributed by atoms with Gasteiger partial charge >= 0.3 is 6.18 Å². The van der Waals surface area contributed by atoms with Gasteiger partial charge in [0.2, 0.25) is 15.7 Å². The molecule has 0 saturated heterocycles. The van der Waals surface area contributed by atoms with Gasteiger partial charge in [0.25, 0.3) is 11.5 Å². The molecule has 1 heterocycles. The lowest BCUT2D eigenvalue weighted by atomic mass is 10.1. The Labute approximate surface area is 216 Å². The van der Waals surface area contributed by atoms with Crippen molar-refractivity contribution in [3.05, 3.63) is 106 Å². The summed E-state index contributed by atoms with van der Waals surface area (Å²) in [6.45, 7) is 6.08. The monoisotopic (exact) mass is 547 g/mol. The number of rotatable bonds is 8. The van der Waals surface area contributed by atoms with Crippen LogP contribution < -0.4 is 16.2 Å². The Morgan fingerprint density at radius 1 is 1.08 bits per heavy atom. The van der Waals surface area contributed by atoms with E-state index in [0.29, 0.717) is 11.3 Å². The van der Waals surface area contributed by atoms with E-state index in [1.54, 1.807) is 0 Å². The minimum absolute atomic E-state index is 0.0362. The lowest BCUT2D eigenvalue weighted by Crippen LogP contribution is -2.37. The number of halogens is 3. The van der Waals surface area contributed by atoms with Gasteiger partial charge in [-0.25, -0.2) is 8.42 Å². The number of nitrogens with zero attached hydrogens (tertiary/aromatic N) is 1. The van der Waals surface area contributed by atoms with Crippen LogP contribution in [0.25, 0.3) is 5.69 Å². The molecule has 1 atom stereocenters. The number of nitrogens with one attached hydrogen (secondary N) is 2. The number of carbonyl (C=O) groups is 2. The molecule has 1 aromatic heterocycles. The van der Waals surface area contributed by atoms with Crippen molar-refractivity contribution in [3.63, 3.8) is 0 Å². The number of amides is 2. The van der Waals surface area contributed by atoms with Crippen LogP contribution >= 0.6 is 0 Å². The van der Waals surface area contributed by atoms with Crippen LogP contribution in [0.5, 0.6) is 0 Å². The number of aryl methyl sites for hydroxylation is 1. The summed E-state index contributed by atoms with van der Waals surface area (Å²) in [5.74, 6) is -1.30. The molecule has 0 fully saturated rings. The minimum Gasteiger partial charge on any atom is -0.348 e. The number of sulfone groups is 1. The van der Waals surface area contributed by atoms with Gasteiger partial charge in [0.05, 0.1) is 10.5 Å². The van der Waals surface area contributed by atoms with E-state index in [4.69, 9.17) is 0 Å². The summed E-state index contributed by atoms with van der Waals surface area (Å²) in [5.41, 5.74) is -1.20. The molecule has 0 aliphatic carbocycles. The van der Waals surface area contributed by atoms with Crippen LogP contribution in [0.3, 0.4) is 0 Å². The van der Waals surface area contributed by atoms with Crippen LogP contribution in [0.1, 0.15) is 34.1 Å². The molecule has 0 aliphatic heterocycles. The fourth-order valence-corrected chi connectivity index (χ4v) is 5.01. The van der Waals surface area contributed by atoms with E-state index in [0.717, 1.165) is 22.8 Å². The summed E-state index contributed by atoms with van der Waals surface area (Å²) >= 11 is 0. The third kappa shape index (κ3) is 6.20. The van der Waals surface area contributed by atoms with E-state index >= 15 is 0 Å². The average Bonchev–Trinajstić information content (AvgIpc) is 2.85. The number of carbonyl (C=O) groups excluding carboxylic acids is 2. The average molecular weight is 548 g/mol. The molecule has 1 unspecified atom stereocenters. The number of hydrogen-bond acceptors (Lipinski definition) is 5. The molecule has 0 bridgehead atoms. The first-order valence-corrected chi connectivity index (χ1v) is 12.7. The molecule has 2 N–H and O–H groups in total. The van der Waals surface area contributed by atoms with Gasteiger partial charge in [0, 0.05) is 24.8 Å². The number of pyridine rings is 1. The highest BCUT2D eigenvalue weighted by atomic mass is 32.2. The molecule has 200 valence electrons. The summed E-state index contributed by atoms with van der Waals surface area (Å²) in [7, 11) is -3.94.